The fourth-order valence-electron chi connectivity index (χ4n) is 2.06. The molecule has 0 amide bonds. The average Bonchev–Trinajstić information content (AvgIpc) is 2.72. The normalized spacial score (nSPS) is 21.5. The Hall–Kier alpha value is -0.960. The van der Waals surface area contributed by atoms with Gasteiger partial charge in [0.05, 0.1) is 6.10 Å². The second kappa shape index (κ2) is 5.20. The Bertz CT molecular complexity index is 592. The molecule has 1 aromatic heterocycles. The van der Waals surface area contributed by atoms with Gasteiger partial charge in [0.1, 0.15) is 9.09 Å². The molecule has 0 aliphatic carbocycles. The third-order valence-corrected chi connectivity index (χ3v) is 6.58. The van der Waals surface area contributed by atoms with E-state index < -0.39 is 22.1 Å². The molecule has 0 aromatic carbocycles. The number of carbonyl (C=O) groups is 1. The molecule has 6 nitrogen and oxygen atoms in total. The molecule has 1 aromatic rings. The van der Waals surface area contributed by atoms with E-state index in [4.69, 9.17) is 5.11 Å². The Labute approximate surface area is 115 Å². The smallest absolute Gasteiger partial charge is 0.346 e. The summed E-state index contributed by atoms with van der Waals surface area (Å²) >= 11 is 0.759. The van der Waals surface area contributed by atoms with Crippen LogP contribution in [0.3, 0.4) is 0 Å². The number of aliphatic hydroxyl groups excluding tert-OH is 1. The van der Waals surface area contributed by atoms with Crippen molar-refractivity contribution in [1.29, 1.82) is 0 Å². The van der Waals surface area contributed by atoms with Crippen LogP contribution in [0.2, 0.25) is 0 Å². The highest BCUT2D eigenvalue weighted by molar-refractivity contribution is 7.91. The highest BCUT2D eigenvalue weighted by Crippen LogP contribution is 2.29. The Morgan fingerprint density at radius 1 is 1.53 bits per heavy atom. The summed E-state index contributed by atoms with van der Waals surface area (Å²) < 4.78 is 26.0. The Kier molecular flexibility index (Phi) is 3.95. The number of aliphatic hydroxyl groups is 1. The second-order valence-corrected chi connectivity index (χ2v) is 7.76. The van der Waals surface area contributed by atoms with Crippen LogP contribution in [0, 0.1) is 6.92 Å². The maximum absolute atomic E-state index is 12.4. The van der Waals surface area contributed by atoms with Gasteiger partial charge in [0.25, 0.3) is 10.0 Å². The number of thiophene rings is 1. The van der Waals surface area contributed by atoms with Gasteiger partial charge in [-0.05, 0) is 31.4 Å². The van der Waals surface area contributed by atoms with E-state index in [-0.39, 0.29) is 15.6 Å². The molecule has 1 aliphatic heterocycles. The fraction of sp³-hybridized carbons (Fsp3) is 0.545. The molecule has 8 heteroatoms. The first kappa shape index (κ1) is 14.4. The van der Waals surface area contributed by atoms with Gasteiger partial charge >= 0.3 is 5.97 Å². The number of β-amino-alcohol motifs (C(OH)–C–C–N with tert-alkyl or cyclic N) is 1. The molecule has 1 saturated heterocycles. The number of rotatable bonds is 3. The van der Waals surface area contributed by atoms with Crippen LogP contribution >= 0.6 is 11.3 Å². The van der Waals surface area contributed by atoms with Gasteiger partial charge < -0.3 is 10.2 Å². The first-order chi connectivity index (χ1) is 8.82. The van der Waals surface area contributed by atoms with E-state index in [1.54, 1.807) is 6.92 Å². The first-order valence-electron chi connectivity index (χ1n) is 5.84. The zero-order chi connectivity index (χ0) is 14.2. The zero-order valence-electron chi connectivity index (χ0n) is 10.4. The molecule has 0 bridgehead atoms. The van der Waals surface area contributed by atoms with Crippen molar-refractivity contribution < 1.29 is 23.4 Å². The number of piperidine rings is 1. The molecule has 1 aliphatic rings. The van der Waals surface area contributed by atoms with Crippen molar-refractivity contribution in [2.45, 2.75) is 30.1 Å². The molecule has 1 fully saturated rings. The van der Waals surface area contributed by atoms with Crippen LogP contribution in [0.25, 0.3) is 0 Å². The standard InChI is InChI=1S/C11H15NO5S2/c1-7-5-9(18-10(7)11(14)15)19(16,17)12-4-2-3-8(13)6-12/h5,8,13H,2-4,6H2,1H3,(H,14,15). The number of sulfonamides is 1. The molecule has 19 heavy (non-hydrogen) atoms. The molecular formula is C11H15NO5S2. The van der Waals surface area contributed by atoms with Gasteiger partial charge in [0.2, 0.25) is 0 Å². The summed E-state index contributed by atoms with van der Waals surface area (Å²) in [6.07, 6.45) is 0.551. The van der Waals surface area contributed by atoms with E-state index in [2.05, 4.69) is 0 Å². The molecular weight excluding hydrogens is 290 g/mol. The van der Waals surface area contributed by atoms with Gasteiger partial charge in [0.15, 0.2) is 0 Å². The van der Waals surface area contributed by atoms with E-state index in [9.17, 15) is 18.3 Å². The van der Waals surface area contributed by atoms with E-state index in [0.29, 0.717) is 24.9 Å². The largest absolute Gasteiger partial charge is 0.477 e. The molecule has 1 unspecified atom stereocenters. The minimum absolute atomic E-state index is 0.0245. The third kappa shape index (κ3) is 2.81. The summed E-state index contributed by atoms with van der Waals surface area (Å²) in [4.78, 5) is 11.0. The Morgan fingerprint density at radius 3 is 2.74 bits per heavy atom. The number of aryl methyl sites for hydroxylation is 1. The van der Waals surface area contributed by atoms with Gasteiger partial charge in [-0.1, -0.05) is 0 Å². The van der Waals surface area contributed by atoms with E-state index in [1.165, 1.54) is 10.4 Å². The summed E-state index contributed by atoms with van der Waals surface area (Å²) in [5.41, 5.74) is 0.439. The lowest BCUT2D eigenvalue weighted by Crippen LogP contribution is -2.41. The SMILES string of the molecule is Cc1cc(S(=O)(=O)N2CCCC(O)C2)sc1C(=O)O. The van der Waals surface area contributed by atoms with Crippen LogP contribution in [0.4, 0.5) is 0 Å². The number of hydrogen-bond donors (Lipinski definition) is 2. The first-order valence-corrected chi connectivity index (χ1v) is 8.10. The van der Waals surface area contributed by atoms with Crippen LogP contribution in [0.5, 0.6) is 0 Å². The van der Waals surface area contributed by atoms with E-state index in [1.807, 2.05) is 0 Å². The second-order valence-electron chi connectivity index (χ2n) is 4.54. The fourth-order valence-corrected chi connectivity index (χ4v) is 5.11. The van der Waals surface area contributed by atoms with Crippen LogP contribution in [-0.4, -0.2) is 48.1 Å². The lowest BCUT2D eigenvalue weighted by molar-refractivity contribution is 0.0701. The number of nitrogens with zero attached hydrogens (tertiary/aromatic N) is 1. The van der Waals surface area contributed by atoms with Crippen LogP contribution in [0.1, 0.15) is 28.1 Å². The lowest BCUT2D eigenvalue weighted by atomic mass is 10.1. The summed E-state index contributed by atoms with van der Waals surface area (Å²) in [7, 11) is -3.70. The summed E-state index contributed by atoms with van der Waals surface area (Å²) in [5, 5.41) is 18.5. The van der Waals surface area contributed by atoms with Crippen molar-refractivity contribution >= 4 is 27.3 Å². The van der Waals surface area contributed by atoms with Crippen molar-refractivity contribution in [3.63, 3.8) is 0 Å². The van der Waals surface area contributed by atoms with Gasteiger partial charge in [-0.2, -0.15) is 4.31 Å². The van der Waals surface area contributed by atoms with Gasteiger partial charge in [-0.15, -0.1) is 11.3 Å². The number of carboxylic acid groups (broad SMARTS) is 1. The molecule has 0 radical (unpaired) electrons. The molecule has 106 valence electrons. The molecule has 1 atom stereocenters. The van der Waals surface area contributed by atoms with Crippen LogP contribution < -0.4 is 0 Å². The highest BCUT2D eigenvalue weighted by Gasteiger charge is 2.31. The van der Waals surface area contributed by atoms with Crippen molar-refractivity contribution in [3.05, 3.63) is 16.5 Å². The van der Waals surface area contributed by atoms with Gasteiger partial charge in [0, 0.05) is 13.1 Å². The summed E-state index contributed by atoms with van der Waals surface area (Å²) in [6.45, 7) is 2.00. The third-order valence-electron chi connectivity index (χ3n) is 3.04. The lowest BCUT2D eigenvalue weighted by Gasteiger charge is -2.28. The summed E-state index contributed by atoms with van der Waals surface area (Å²) in [6, 6.07) is 1.38. The maximum Gasteiger partial charge on any atom is 0.346 e. The topological polar surface area (TPSA) is 94.9 Å². The molecule has 2 N–H and O–H groups in total. The van der Waals surface area contributed by atoms with Crippen molar-refractivity contribution in [1.82, 2.24) is 4.31 Å². The van der Waals surface area contributed by atoms with Crippen molar-refractivity contribution in [3.8, 4) is 0 Å². The minimum atomic E-state index is -3.70. The molecule has 0 spiro atoms. The van der Waals surface area contributed by atoms with Crippen LogP contribution in [-0.2, 0) is 10.0 Å². The highest BCUT2D eigenvalue weighted by atomic mass is 32.2. The number of hydrogen-bond acceptors (Lipinski definition) is 5. The molecule has 2 rings (SSSR count). The Balaban J connectivity index is 2.34. The predicted molar refractivity (Wildman–Crippen MR) is 70.0 cm³/mol. The molecule has 2 heterocycles. The minimum Gasteiger partial charge on any atom is -0.477 e. The Morgan fingerprint density at radius 2 is 2.21 bits per heavy atom. The molecule has 0 saturated carbocycles. The monoisotopic (exact) mass is 305 g/mol. The van der Waals surface area contributed by atoms with E-state index in [0.717, 1.165) is 11.3 Å². The average molecular weight is 305 g/mol. The predicted octanol–water partition coefficient (Wildman–Crippen LogP) is 0.900. The van der Waals surface area contributed by atoms with Crippen molar-refractivity contribution in [2.24, 2.45) is 0 Å². The maximum atomic E-state index is 12.4. The summed E-state index contributed by atoms with van der Waals surface area (Å²) in [5.74, 6) is -1.12. The van der Waals surface area contributed by atoms with E-state index >= 15 is 0 Å². The van der Waals surface area contributed by atoms with Crippen LogP contribution in [0.15, 0.2) is 10.3 Å². The quantitative estimate of drug-likeness (QED) is 0.865. The number of aromatic carboxylic acids is 1. The van der Waals surface area contributed by atoms with Gasteiger partial charge in [-0.3, -0.25) is 0 Å². The number of carboxylic acids is 1. The van der Waals surface area contributed by atoms with Gasteiger partial charge in [-0.25, -0.2) is 13.2 Å². The van der Waals surface area contributed by atoms with Crippen molar-refractivity contribution in [2.75, 3.05) is 13.1 Å². The zero-order valence-corrected chi connectivity index (χ0v) is 12.0.